The molecule has 0 aromatic carbocycles. The largest absolute Gasteiger partial charge is 0.466 e. The van der Waals surface area contributed by atoms with Gasteiger partial charge in [0.25, 0.3) is 0 Å². The molecule has 6 heteroatoms. The molecule has 0 aliphatic carbocycles. The fourth-order valence-electron chi connectivity index (χ4n) is 3.37. The Morgan fingerprint density at radius 1 is 1.42 bits per heavy atom. The van der Waals surface area contributed by atoms with Crippen LogP contribution >= 0.6 is 0 Å². The van der Waals surface area contributed by atoms with E-state index in [1.54, 1.807) is 19.1 Å². The van der Waals surface area contributed by atoms with Crippen molar-refractivity contribution in [3.63, 3.8) is 0 Å². The summed E-state index contributed by atoms with van der Waals surface area (Å²) in [7, 11) is 0. The Bertz CT molecular complexity index is 517. The topological polar surface area (TPSA) is 74.9 Å². The highest BCUT2D eigenvalue weighted by molar-refractivity contribution is 5.82. The summed E-state index contributed by atoms with van der Waals surface area (Å²) in [6, 6.07) is 3.18. The van der Waals surface area contributed by atoms with Crippen LogP contribution < -0.4 is 5.32 Å². The minimum Gasteiger partial charge on any atom is -0.466 e. The minimum atomic E-state index is -1.23. The molecule has 1 saturated heterocycles. The summed E-state index contributed by atoms with van der Waals surface area (Å²) < 4.78 is 11.0. The molecule has 0 saturated carbocycles. The van der Waals surface area contributed by atoms with Gasteiger partial charge in [-0.2, -0.15) is 0 Å². The van der Waals surface area contributed by atoms with Crippen molar-refractivity contribution < 1.29 is 19.1 Å². The van der Waals surface area contributed by atoms with E-state index in [-0.39, 0.29) is 36.6 Å². The second kappa shape index (κ2) is 7.68. The molecular formula is C18H30N2O4. The van der Waals surface area contributed by atoms with E-state index in [2.05, 4.69) is 10.2 Å². The van der Waals surface area contributed by atoms with E-state index in [4.69, 9.17) is 9.15 Å². The SMILES string of the molecule is CC1CN(C(C(=O)NCC(C)(O)c2ccco2)C(C)C)CC(C)O1. The van der Waals surface area contributed by atoms with Crippen molar-refractivity contribution in [2.45, 2.75) is 58.5 Å². The first-order chi connectivity index (χ1) is 11.2. The predicted molar refractivity (Wildman–Crippen MR) is 91.5 cm³/mol. The standard InChI is InChI=1S/C18H30N2O4/c1-12(2)16(20-9-13(3)24-14(4)10-20)17(21)19-11-18(5,22)15-7-6-8-23-15/h6-8,12-14,16,22H,9-11H2,1-5H3,(H,19,21). The third kappa shape index (κ3) is 4.59. The maximum absolute atomic E-state index is 12.8. The molecule has 0 radical (unpaired) electrons. The molecule has 1 aromatic heterocycles. The van der Waals surface area contributed by atoms with Crippen molar-refractivity contribution >= 4 is 5.91 Å². The molecule has 1 aromatic rings. The van der Waals surface area contributed by atoms with E-state index in [9.17, 15) is 9.90 Å². The van der Waals surface area contributed by atoms with Gasteiger partial charge in [0.2, 0.25) is 5.91 Å². The van der Waals surface area contributed by atoms with Crippen molar-refractivity contribution in [1.29, 1.82) is 0 Å². The Kier molecular flexibility index (Phi) is 6.06. The summed E-state index contributed by atoms with van der Waals surface area (Å²) in [6.07, 6.45) is 1.72. The molecule has 0 spiro atoms. The highest BCUT2D eigenvalue weighted by atomic mass is 16.5. The Balaban J connectivity index is 2.01. The van der Waals surface area contributed by atoms with E-state index in [0.717, 1.165) is 13.1 Å². The molecule has 136 valence electrons. The number of morpholine rings is 1. The van der Waals surface area contributed by atoms with E-state index >= 15 is 0 Å². The summed E-state index contributed by atoms with van der Waals surface area (Å²) in [6.45, 7) is 11.3. The monoisotopic (exact) mass is 338 g/mol. The van der Waals surface area contributed by atoms with Crippen LogP contribution in [0.4, 0.5) is 0 Å². The molecule has 2 rings (SSSR count). The lowest BCUT2D eigenvalue weighted by atomic mass is 9.98. The number of nitrogens with one attached hydrogen (secondary N) is 1. The zero-order valence-corrected chi connectivity index (χ0v) is 15.3. The molecule has 4 atom stereocenters. The first kappa shape index (κ1) is 19.0. The van der Waals surface area contributed by atoms with Crippen LogP contribution in [0.1, 0.15) is 40.4 Å². The normalized spacial score (nSPS) is 26.1. The average Bonchev–Trinajstić information content (AvgIpc) is 2.99. The number of hydrogen-bond donors (Lipinski definition) is 2. The molecule has 1 aliphatic rings. The number of ether oxygens (including phenoxy) is 1. The summed E-state index contributed by atoms with van der Waals surface area (Å²) in [4.78, 5) is 15.0. The van der Waals surface area contributed by atoms with Gasteiger partial charge in [0.15, 0.2) is 0 Å². The van der Waals surface area contributed by atoms with Crippen molar-refractivity contribution in [2.75, 3.05) is 19.6 Å². The highest BCUT2D eigenvalue weighted by Crippen LogP contribution is 2.21. The lowest BCUT2D eigenvalue weighted by Crippen LogP contribution is -2.57. The zero-order chi connectivity index (χ0) is 17.9. The van der Waals surface area contributed by atoms with Gasteiger partial charge in [-0.05, 0) is 38.8 Å². The highest BCUT2D eigenvalue weighted by Gasteiger charge is 2.35. The van der Waals surface area contributed by atoms with Crippen molar-refractivity contribution in [3.8, 4) is 0 Å². The summed E-state index contributed by atoms with van der Waals surface area (Å²) in [5, 5.41) is 13.4. The molecular weight excluding hydrogens is 308 g/mol. The molecule has 0 bridgehead atoms. The van der Waals surface area contributed by atoms with Gasteiger partial charge in [-0.25, -0.2) is 0 Å². The van der Waals surface area contributed by atoms with Crippen molar-refractivity contribution in [2.24, 2.45) is 5.92 Å². The number of hydrogen-bond acceptors (Lipinski definition) is 5. The molecule has 6 nitrogen and oxygen atoms in total. The minimum absolute atomic E-state index is 0.0712. The second-order valence-corrected chi connectivity index (χ2v) is 7.37. The summed E-state index contributed by atoms with van der Waals surface area (Å²) in [5.41, 5.74) is -1.23. The number of carbonyl (C=O) groups excluding carboxylic acids is 1. The number of rotatable bonds is 6. The van der Waals surface area contributed by atoms with Gasteiger partial charge >= 0.3 is 0 Å². The maximum atomic E-state index is 12.8. The Hall–Kier alpha value is -1.37. The molecule has 2 N–H and O–H groups in total. The van der Waals surface area contributed by atoms with Crippen LogP contribution in [-0.2, 0) is 15.1 Å². The van der Waals surface area contributed by atoms with E-state index in [0.29, 0.717) is 5.76 Å². The molecule has 1 aliphatic heterocycles. The smallest absolute Gasteiger partial charge is 0.237 e. The first-order valence-corrected chi connectivity index (χ1v) is 8.64. The van der Waals surface area contributed by atoms with Crippen molar-refractivity contribution in [1.82, 2.24) is 10.2 Å². The Morgan fingerprint density at radius 3 is 2.54 bits per heavy atom. The van der Waals surface area contributed by atoms with Gasteiger partial charge in [-0.1, -0.05) is 13.8 Å². The van der Waals surface area contributed by atoms with E-state index in [1.165, 1.54) is 6.26 Å². The Morgan fingerprint density at radius 2 is 2.04 bits per heavy atom. The summed E-state index contributed by atoms with van der Waals surface area (Å²) in [5.74, 6) is 0.534. The van der Waals surface area contributed by atoms with Gasteiger partial charge in [0, 0.05) is 13.1 Å². The van der Waals surface area contributed by atoms with Crippen LogP contribution in [0.2, 0.25) is 0 Å². The fraction of sp³-hybridized carbons (Fsp3) is 0.722. The third-order valence-electron chi connectivity index (χ3n) is 4.40. The quantitative estimate of drug-likeness (QED) is 0.826. The number of amides is 1. The van der Waals surface area contributed by atoms with E-state index < -0.39 is 5.60 Å². The average molecular weight is 338 g/mol. The molecule has 4 unspecified atom stereocenters. The van der Waals surface area contributed by atoms with E-state index in [1.807, 2.05) is 27.7 Å². The number of nitrogens with zero attached hydrogens (tertiary/aromatic N) is 1. The maximum Gasteiger partial charge on any atom is 0.237 e. The van der Waals surface area contributed by atoms with Gasteiger partial charge in [0.05, 0.1) is 31.1 Å². The fourth-order valence-corrected chi connectivity index (χ4v) is 3.37. The van der Waals surface area contributed by atoms with Crippen LogP contribution in [0.25, 0.3) is 0 Å². The predicted octanol–water partition coefficient (Wildman–Crippen LogP) is 1.74. The van der Waals surface area contributed by atoms with Gasteiger partial charge in [-0.15, -0.1) is 0 Å². The molecule has 24 heavy (non-hydrogen) atoms. The van der Waals surface area contributed by atoms with Gasteiger partial charge in [-0.3, -0.25) is 9.69 Å². The number of furan rings is 1. The number of aliphatic hydroxyl groups is 1. The lowest BCUT2D eigenvalue weighted by Gasteiger charge is -2.41. The Labute approximate surface area is 144 Å². The second-order valence-electron chi connectivity index (χ2n) is 7.37. The summed E-state index contributed by atoms with van der Waals surface area (Å²) >= 11 is 0. The van der Waals surface area contributed by atoms with Crippen LogP contribution in [0.15, 0.2) is 22.8 Å². The van der Waals surface area contributed by atoms with Gasteiger partial charge in [0.1, 0.15) is 11.4 Å². The molecule has 1 fully saturated rings. The van der Waals surface area contributed by atoms with Crippen LogP contribution in [0.5, 0.6) is 0 Å². The molecule has 1 amide bonds. The van der Waals surface area contributed by atoms with Crippen LogP contribution in [0.3, 0.4) is 0 Å². The first-order valence-electron chi connectivity index (χ1n) is 8.64. The van der Waals surface area contributed by atoms with Crippen LogP contribution in [-0.4, -0.2) is 53.8 Å². The van der Waals surface area contributed by atoms with Gasteiger partial charge < -0.3 is 19.6 Å². The number of carbonyl (C=O) groups is 1. The van der Waals surface area contributed by atoms with Crippen LogP contribution in [0, 0.1) is 5.92 Å². The lowest BCUT2D eigenvalue weighted by molar-refractivity contribution is -0.136. The molecule has 2 heterocycles. The zero-order valence-electron chi connectivity index (χ0n) is 15.3. The van der Waals surface area contributed by atoms with Crippen molar-refractivity contribution in [3.05, 3.63) is 24.2 Å². The third-order valence-corrected chi connectivity index (χ3v) is 4.40.